The lowest BCUT2D eigenvalue weighted by atomic mass is 10.1. The number of carboxylic acids is 1. The van der Waals surface area contributed by atoms with Gasteiger partial charge in [0.05, 0.1) is 12.8 Å². The highest BCUT2D eigenvalue weighted by atomic mass is 19.1. The van der Waals surface area contributed by atoms with E-state index in [9.17, 15) is 14.3 Å². The van der Waals surface area contributed by atoms with Crippen molar-refractivity contribution in [2.45, 2.75) is 6.04 Å². The molecule has 2 aromatic rings. The van der Waals surface area contributed by atoms with Gasteiger partial charge >= 0.3 is 5.97 Å². The fourth-order valence-electron chi connectivity index (χ4n) is 1.89. The maximum Gasteiger partial charge on any atom is 0.330 e. The molecule has 20 heavy (non-hydrogen) atoms. The van der Waals surface area contributed by atoms with Gasteiger partial charge in [0.2, 0.25) is 0 Å². The summed E-state index contributed by atoms with van der Waals surface area (Å²) in [5.41, 5.74) is 0.870. The Kier molecular flexibility index (Phi) is 4.20. The van der Waals surface area contributed by atoms with Crippen LogP contribution in [0.2, 0.25) is 0 Å². The molecule has 0 aliphatic carbocycles. The van der Waals surface area contributed by atoms with Crippen LogP contribution >= 0.6 is 0 Å². The van der Waals surface area contributed by atoms with Crippen molar-refractivity contribution in [2.24, 2.45) is 0 Å². The zero-order valence-electron chi connectivity index (χ0n) is 10.8. The molecule has 0 saturated heterocycles. The Bertz CT molecular complexity index is 616. The van der Waals surface area contributed by atoms with Gasteiger partial charge in [-0.2, -0.15) is 0 Å². The minimum absolute atomic E-state index is 0.336. The third kappa shape index (κ3) is 3.06. The van der Waals surface area contributed by atoms with Gasteiger partial charge in [-0.05, 0) is 29.8 Å². The minimum Gasteiger partial charge on any atom is -0.495 e. The number of rotatable bonds is 5. The summed E-state index contributed by atoms with van der Waals surface area (Å²) in [5.74, 6) is -1.05. The third-order valence-electron chi connectivity index (χ3n) is 2.84. The molecule has 5 heteroatoms. The van der Waals surface area contributed by atoms with Crippen LogP contribution in [0, 0.1) is 5.82 Å². The van der Waals surface area contributed by atoms with Crippen LogP contribution in [0.15, 0.2) is 48.5 Å². The van der Waals surface area contributed by atoms with E-state index in [4.69, 9.17) is 4.74 Å². The van der Waals surface area contributed by atoms with Crippen LogP contribution in [-0.4, -0.2) is 18.2 Å². The van der Waals surface area contributed by atoms with Crippen molar-refractivity contribution in [1.29, 1.82) is 0 Å². The first kappa shape index (κ1) is 13.9. The summed E-state index contributed by atoms with van der Waals surface area (Å²) in [6, 6.07) is 11.4. The Labute approximate surface area is 115 Å². The molecular weight excluding hydrogens is 261 g/mol. The largest absolute Gasteiger partial charge is 0.495 e. The quantitative estimate of drug-likeness (QED) is 0.880. The molecule has 0 saturated carbocycles. The van der Waals surface area contributed by atoms with Crippen molar-refractivity contribution in [3.8, 4) is 5.75 Å². The van der Waals surface area contributed by atoms with Crippen LogP contribution < -0.4 is 10.1 Å². The van der Waals surface area contributed by atoms with Gasteiger partial charge in [0.25, 0.3) is 0 Å². The molecule has 0 radical (unpaired) electrons. The monoisotopic (exact) mass is 275 g/mol. The summed E-state index contributed by atoms with van der Waals surface area (Å²) < 4.78 is 18.4. The molecule has 0 heterocycles. The zero-order valence-corrected chi connectivity index (χ0v) is 10.8. The lowest BCUT2D eigenvalue weighted by Crippen LogP contribution is -2.20. The van der Waals surface area contributed by atoms with Crippen LogP contribution in [0.5, 0.6) is 5.75 Å². The van der Waals surface area contributed by atoms with Crippen LogP contribution in [0.3, 0.4) is 0 Å². The van der Waals surface area contributed by atoms with Gasteiger partial charge in [0.15, 0.2) is 6.04 Å². The summed E-state index contributed by atoms with van der Waals surface area (Å²) >= 11 is 0. The van der Waals surface area contributed by atoms with E-state index in [1.807, 2.05) is 0 Å². The molecule has 1 unspecified atom stereocenters. The maximum atomic E-state index is 13.2. The normalized spacial score (nSPS) is 11.7. The molecule has 0 amide bonds. The molecular formula is C15H14FNO3. The van der Waals surface area contributed by atoms with E-state index in [-0.39, 0.29) is 0 Å². The van der Waals surface area contributed by atoms with Gasteiger partial charge in [-0.3, -0.25) is 0 Å². The first-order valence-corrected chi connectivity index (χ1v) is 5.99. The van der Waals surface area contributed by atoms with Gasteiger partial charge < -0.3 is 15.2 Å². The first-order chi connectivity index (χ1) is 9.61. The fourth-order valence-corrected chi connectivity index (χ4v) is 1.89. The minimum atomic E-state index is -1.10. The number of carboxylic acid groups (broad SMARTS) is 1. The molecule has 1 atom stereocenters. The molecule has 104 valence electrons. The number of anilines is 1. The summed E-state index contributed by atoms with van der Waals surface area (Å²) in [5, 5.41) is 12.2. The van der Waals surface area contributed by atoms with E-state index in [0.29, 0.717) is 17.0 Å². The van der Waals surface area contributed by atoms with Crippen LogP contribution in [0.1, 0.15) is 11.6 Å². The number of nitrogens with one attached hydrogen (secondary N) is 1. The average molecular weight is 275 g/mol. The zero-order chi connectivity index (χ0) is 14.5. The van der Waals surface area contributed by atoms with E-state index >= 15 is 0 Å². The predicted molar refractivity (Wildman–Crippen MR) is 73.4 cm³/mol. The number of para-hydroxylation sites is 2. The van der Waals surface area contributed by atoms with Crippen LogP contribution in [-0.2, 0) is 4.79 Å². The number of benzene rings is 2. The van der Waals surface area contributed by atoms with Crippen molar-refractivity contribution >= 4 is 11.7 Å². The number of hydrogen-bond donors (Lipinski definition) is 2. The lowest BCUT2D eigenvalue weighted by molar-refractivity contribution is -0.138. The molecule has 2 aromatic carbocycles. The van der Waals surface area contributed by atoms with Gasteiger partial charge in [-0.25, -0.2) is 9.18 Å². The Morgan fingerprint density at radius 3 is 2.65 bits per heavy atom. The number of methoxy groups -OCH3 is 1. The molecule has 0 spiro atoms. The number of aliphatic carboxylic acids is 1. The summed E-state index contributed by atoms with van der Waals surface area (Å²) in [4.78, 5) is 11.4. The topological polar surface area (TPSA) is 58.6 Å². The summed E-state index contributed by atoms with van der Waals surface area (Å²) in [7, 11) is 1.50. The van der Waals surface area contributed by atoms with Gasteiger partial charge in [-0.1, -0.05) is 24.3 Å². The van der Waals surface area contributed by atoms with Crippen LogP contribution in [0.4, 0.5) is 10.1 Å². The van der Waals surface area contributed by atoms with E-state index in [1.165, 1.54) is 25.3 Å². The molecule has 2 N–H and O–H groups in total. The van der Waals surface area contributed by atoms with E-state index in [2.05, 4.69) is 5.32 Å². The molecule has 0 bridgehead atoms. The van der Waals surface area contributed by atoms with Gasteiger partial charge in [0.1, 0.15) is 11.6 Å². The van der Waals surface area contributed by atoms with Gasteiger partial charge in [0, 0.05) is 0 Å². The lowest BCUT2D eigenvalue weighted by Gasteiger charge is -2.18. The summed E-state index contributed by atoms with van der Waals surface area (Å²) in [6.07, 6.45) is 0. The number of ether oxygens (including phenoxy) is 1. The number of hydrogen-bond acceptors (Lipinski definition) is 3. The molecule has 4 nitrogen and oxygen atoms in total. The SMILES string of the molecule is COc1ccccc1NC(C(=O)O)c1cccc(F)c1. The van der Waals surface area contributed by atoms with E-state index in [1.54, 1.807) is 30.3 Å². The summed E-state index contributed by atoms with van der Waals surface area (Å²) in [6.45, 7) is 0. The second-order valence-corrected chi connectivity index (χ2v) is 4.17. The van der Waals surface area contributed by atoms with Crippen molar-refractivity contribution in [1.82, 2.24) is 0 Å². The molecule has 0 aromatic heterocycles. The van der Waals surface area contributed by atoms with E-state index < -0.39 is 17.8 Å². The second kappa shape index (κ2) is 6.06. The highest BCUT2D eigenvalue weighted by molar-refractivity contribution is 5.80. The molecule has 0 aliphatic rings. The maximum absolute atomic E-state index is 13.2. The fraction of sp³-hybridized carbons (Fsp3) is 0.133. The third-order valence-corrected chi connectivity index (χ3v) is 2.84. The van der Waals surface area contributed by atoms with Crippen LogP contribution in [0.25, 0.3) is 0 Å². The van der Waals surface area contributed by atoms with Crippen molar-refractivity contribution < 1.29 is 19.0 Å². The predicted octanol–water partition coefficient (Wildman–Crippen LogP) is 3.07. The Hall–Kier alpha value is -2.56. The van der Waals surface area contributed by atoms with Crippen molar-refractivity contribution in [3.63, 3.8) is 0 Å². The molecule has 0 fully saturated rings. The Balaban J connectivity index is 2.33. The molecule has 0 aliphatic heterocycles. The van der Waals surface area contributed by atoms with Crippen molar-refractivity contribution in [2.75, 3.05) is 12.4 Å². The first-order valence-electron chi connectivity index (χ1n) is 5.99. The second-order valence-electron chi connectivity index (χ2n) is 4.17. The number of halogens is 1. The smallest absolute Gasteiger partial charge is 0.330 e. The standard InChI is InChI=1S/C15H14FNO3/c1-20-13-8-3-2-7-12(13)17-14(15(18)19)10-5-4-6-11(16)9-10/h2-9,14,17H,1H3,(H,18,19). The number of carbonyl (C=O) groups is 1. The van der Waals surface area contributed by atoms with E-state index in [0.717, 1.165) is 0 Å². The average Bonchev–Trinajstić information content (AvgIpc) is 2.44. The van der Waals surface area contributed by atoms with Gasteiger partial charge in [-0.15, -0.1) is 0 Å². The Morgan fingerprint density at radius 2 is 2.00 bits per heavy atom. The van der Waals surface area contributed by atoms with Crippen molar-refractivity contribution in [3.05, 3.63) is 59.9 Å². The highest BCUT2D eigenvalue weighted by Crippen LogP contribution is 2.28. The highest BCUT2D eigenvalue weighted by Gasteiger charge is 2.21. The Morgan fingerprint density at radius 1 is 1.25 bits per heavy atom. The molecule has 2 rings (SSSR count).